The summed E-state index contributed by atoms with van der Waals surface area (Å²) in [6.45, 7) is 9.73. The van der Waals surface area contributed by atoms with Crippen molar-refractivity contribution >= 4 is 11.9 Å². The zero-order valence-electron chi connectivity index (χ0n) is 15.2. The number of nitrogens with zero attached hydrogens (tertiary/aromatic N) is 3. The summed E-state index contributed by atoms with van der Waals surface area (Å²) in [6.07, 6.45) is 4.73. The SMILES string of the molecule is CCC(CC(=O)N1CCC(n2ncc(C(=O)O)c2C)CC1)C(C)C. The lowest BCUT2D eigenvalue weighted by molar-refractivity contribution is -0.134. The van der Waals surface area contributed by atoms with Gasteiger partial charge in [0.2, 0.25) is 5.91 Å². The van der Waals surface area contributed by atoms with E-state index in [-0.39, 0.29) is 17.5 Å². The molecule has 1 aromatic heterocycles. The van der Waals surface area contributed by atoms with Crippen molar-refractivity contribution in [3.8, 4) is 0 Å². The molecular formula is C18H29N3O3. The van der Waals surface area contributed by atoms with Crippen molar-refractivity contribution in [3.05, 3.63) is 17.5 Å². The lowest BCUT2D eigenvalue weighted by Crippen LogP contribution is -2.40. The number of aromatic carboxylic acids is 1. The molecule has 2 heterocycles. The molecule has 0 spiro atoms. The maximum absolute atomic E-state index is 12.5. The molecule has 1 aromatic rings. The molecular weight excluding hydrogens is 306 g/mol. The molecule has 134 valence electrons. The molecule has 6 heteroatoms. The van der Waals surface area contributed by atoms with Gasteiger partial charge in [0.15, 0.2) is 0 Å². The number of carboxylic acid groups (broad SMARTS) is 1. The predicted octanol–water partition coefficient (Wildman–Crippen LogP) is 3.13. The molecule has 1 atom stereocenters. The third-order valence-electron chi connectivity index (χ3n) is 5.34. The number of rotatable bonds is 6. The molecule has 1 saturated heterocycles. The van der Waals surface area contributed by atoms with Crippen LogP contribution in [0.2, 0.25) is 0 Å². The van der Waals surface area contributed by atoms with Gasteiger partial charge in [-0.3, -0.25) is 9.48 Å². The summed E-state index contributed by atoms with van der Waals surface area (Å²) in [4.78, 5) is 25.6. The van der Waals surface area contributed by atoms with E-state index < -0.39 is 5.97 Å². The molecule has 2 rings (SSSR count). The fourth-order valence-electron chi connectivity index (χ4n) is 3.57. The smallest absolute Gasteiger partial charge is 0.339 e. The van der Waals surface area contributed by atoms with Crippen molar-refractivity contribution in [3.63, 3.8) is 0 Å². The maximum atomic E-state index is 12.5. The number of amides is 1. The summed E-state index contributed by atoms with van der Waals surface area (Å²) in [7, 11) is 0. The lowest BCUT2D eigenvalue weighted by atomic mass is 9.89. The van der Waals surface area contributed by atoms with Crippen molar-refractivity contribution in [2.75, 3.05) is 13.1 Å². The topological polar surface area (TPSA) is 75.4 Å². The molecule has 1 aliphatic rings. The molecule has 1 aliphatic heterocycles. The second-order valence-electron chi connectivity index (χ2n) is 7.12. The van der Waals surface area contributed by atoms with Gasteiger partial charge in [-0.1, -0.05) is 27.2 Å². The zero-order valence-corrected chi connectivity index (χ0v) is 15.2. The highest BCUT2D eigenvalue weighted by Gasteiger charge is 2.27. The van der Waals surface area contributed by atoms with Crippen LogP contribution >= 0.6 is 0 Å². The van der Waals surface area contributed by atoms with Gasteiger partial charge in [-0.15, -0.1) is 0 Å². The summed E-state index contributed by atoms with van der Waals surface area (Å²) in [6, 6.07) is 0.175. The predicted molar refractivity (Wildman–Crippen MR) is 92.0 cm³/mol. The Labute approximate surface area is 143 Å². The Morgan fingerprint density at radius 2 is 1.96 bits per heavy atom. The Morgan fingerprint density at radius 3 is 2.42 bits per heavy atom. The van der Waals surface area contributed by atoms with Crippen LogP contribution in [-0.2, 0) is 4.79 Å². The van der Waals surface area contributed by atoms with Crippen LogP contribution in [0.3, 0.4) is 0 Å². The molecule has 0 bridgehead atoms. The maximum Gasteiger partial charge on any atom is 0.339 e. The van der Waals surface area contributed by atoms with E-state index in [0.717, 1.165) is 32.4 Å². The molecule has 1 amide bonds. The van der Waals surface area contributed by atoms with Gasteiger partial charge in [0.05, 0.1) is 17.9 Å². The standard InChI is InChI=1S/C18H29N3O3/c1-5-14(12(2)3)10-17(22)20-8-6-15(7-9-20)21-13(4)16(11-19-21)18(23)24/h11-12,14-15H,5-10H2,1-4H3,(H,23,24). The van der Waals surface area contributed by atoms with Crippen LogP contribution in [-0.4, -0.2) is 44.8 Å². The average molecular weight is 335 g/mol. The normalized spacial score (nSPS) is 17.3. The number of hydrogen-bond donors (Lipinski definition) is 1. The minimum atomic E-state index is -0.939. The van der Waals surface area contributed by atoms with Gasteiger partial charge < -0.3 is 10.0 Å². The summed E-state index contributed by atoms with van der Waals surface area (Å²) in [5.41, 5.74) is 0.953. The highest BCUT2D eigenvalue weighted by molar-refractivity contribution is 5.88. The molecule has 0 aromatic carbocycles. The van der Waals surface area contributed by atoms with E-state index in [9.17, 15) is 9.59 Å². The van der Waals surface area contributed by atoms with Crippen molar-refractivity contribution in [1.29, 1.82) is 0 Å². The van der Waals surface area contributed by atoms with Gasteiger partial charge in [0.1, 0.15) is 5.56 Å². The minimum absolute atomic E-state index is 0.175. The molecule has 0 saturated carbocycles. The fourth-order valence-corrected chi connectivity index (χ4v) is 3.57. The van der Waals surface area contributed by atoms with Gasteiger partial charge in [-0.25, -0.2) is 4.79 Å². The number of piperidine rings is 1. The fraction of sp³-hybridized carbons (Fsp3) is 0.722. The first-order valence-electron chi connectivity index (χ1n) is 8.90. The van der Waals surface area contributed by atoms with Crippen molar-refractivity contribution < 1.29 is 14.7 Å². The van der Waals surface area contributed by atoms with Crippen LogP contribution in [0.4, 0.5) is 0 Å². The molecule has 24 heavy (non-hydrogen) atoms. The van der Waals surface area contributed by atoms with Gasteiger partial charge in [-0.05, 0) is 31.6 Å². The third-order valence-corrected chi connectivity index (χ3v) is 5.34. The Kier molecular flexibility index (Phi) is 6.02. The first kappa shape index (κ1) is 18.5. The molecule has 0 aliphatic carbocycles. The quantitative estimate of drug-likeness (QED) is 0.866. The number of hydrogen-bond acceptors (Lipinski definition) is 3. The van der Waals surface area contributed by atoms with E-state index in [0.29, 0.717) is 24.0 Å². The van der Waals surface area contributed by atoms with Gasteiger partial charge in [0, 0.05) is 19.5 Å². The van der Waals surface area contributed by atoms with Crippen molar-refractivity contribution in [2.45, 2.75) is 59.4 Å². The van der Waals surface area contributed by atoms with E-state index in [2.05, 4.69) is 25.9 Å². The molecule has 6 nitrogen and oxygen atoms in total. The molecule has 1 fully saturated rings. The van der Waals surface area contributed by atoms with Crippen LogP contribution in [0, 0.1) is 18.8 Å². The summed E-state index contributed by atoms with van der Waals surface area (Å²) in [5.74, 6) is 0.280. The number of carbonyl (C=O) groups excluding carboxylic acids is 1. The van der Waals surface area contributed by atoms with Crippen LogP contribution in [0.5, 0.6) is 0 Å². The summed E-state index contributed by atoms with van der Waals surface area (Å²) in [5, 5.41) is 13.4. The molecule has 1 unspecified atom stereocenters. The second-order valence-corrected chi connectivity index (χ2v) is 7.12. The average Bonchev–Trinajstić information content (AvgIpc) is 2.94. The van der Waals surface area contributed by atoms with E-state index in [1.807, 2.05) is 9.58 Å². The Bertz CT molecular complexity index is 586. The van der Waals surface area contributed by atoms with E-state index in [4.69, 9.17) is 5.11 Å². The minimum Gasteiger partial charge on any atom is -0.478 e. The van der Waals surface area contributed by atoms with Crippen LogP contribution in [0.25, 0.3) is 0 Å². The Hall–Kier alpha value is -1.85. The van der Waals surface area contributed by atoms with Crippen LogP contribution < -0.4 is 0 Å². The number of aromatic nitrogens is 2. The van der Waals surface area contributed by atoms with E-state index >= 15 is 0 Å². The molecule has 1 N–H and O–H groups in total. The first-order chi connectivity index (χ1) is 11.3. The zero-order chi connectivity index (χ0) is 17.9. The third kappa shape index (κ3) is 3.97. The van der Waals surface area contributed by atoms with Crippen molar-refractivity contribution in [2.24, 2.45) is 11.8 Å². The first-order valence-corrected chi connectivity index (χ1v) is 8.90. The summed E-state index contributed by atoms with van der Waals surface area (Å²) >= 11 is 0. The second kappa shape index (κ2) is 7.81. The number of carbonyl (C=O) groups is 2. The van der Waals surface area contributed by atoms with Gasteiger partial charge in [0.25, 0.3) is 0 Å². The molecule has 0 radical (unpaired) electrons. The highest BCUT2D eigenvalue weighted by Crippen LogP contribution is 2.26. The van der Waals surface area contributed by atoms with Crippen LogP contribution in [0.1, 0.15) is 68.5 Å². The highest BCUT2D eigenvalue weighted by atomic mass is 16.4. The monoisotopic (exact) mass is 335 g/mol. The largest absolute Gasteiger partial charge is 0.478 e. The van der Waals surface area contributed by atoms with Gasteiger partial charge in [-0.2, -0.15) is 5.10 Å². The Balaban J connectivity index is 1.94. The van der Waals surface area contributed by atoms with Crippen LogP contribution in [0.15, 0.2) is 6.20 Å². The number of likely N-dealkylation sites (tertiary alicyclic amines) is 1. The van der Waals surface area contributed by atoms with Crippen molar-refractivity contribution in [1.82, 2.24) is 14.7 Å². The number of carboxylic acids is 1. The Morgan fingerprint density at radius 1 is 1.33 bits per heavy atom. The lowest BCUT2D eigenvalue weighted by Gasteiger charge is -2.34. The van der Waals surface area contributed by atoms with Gasteiger partial charge >= 0.3 is 5.97 Å². The summed E-state index contributed by atoms with van der Waals surface area (Å²) < 4.78 is 1.81. The van der Waals surface area contributed by atoms with E-state index in [1.165, 1.54) is 6.20 Å². The van der Waals surface area contributed by atoms with E-state index in [1.54, 1.807) is 6.92 Å².